The zero-order valence-corrected chi connectivity index (χ0v) is 14.7. The minimum absolute atomic E-state index is 0.177. The molecule has 0 saturated carbocycles. The summed E-state index contributed by atoms with van der Waals surface area (Å²) < 4.78 is 19.4. The highest BCUT2D eigenvalue weighted by molar-refractivity contribution is 6.39. The van der Waals surface area contributed by atoms with Crippen molar-refractivity contribution in [3.8, 4) is 5.75 Å². The van der Waals surface area contributed by atoms with Crippen molar-refractivity contribution in [3.63, 3.8) is 0 Å². The number of hydroxylamine groups is 1. The van der Waals surface area contributed by atoms with Crippen molar-refractivity contribution in [2.45, 2.75) is 19.4 Å². The number of fused-ring (bicyclic) bond motifs is 4. The fourth-order valence-corrected chi connectivity index (χ4v) is 3.20. The molecule has 1 unspecified atom stereocenters. The lowest BCUT2D eigenvalue weighted by Gasteiger charge is -2.27. The predicted octanol–water partition coefficient (Wildman–Crippen LogP) is 4.37. The van der Waals surface area contributed by atoms with Gasteiger partial charge in [-0.15, -0.1) is 0 Å². The molecule has 2 bridgehead atoms. The molecule has 2 aliphatic heterocycles. The molecular formula is C21H18FN3O2. The summed E-state index contributed by atoms with van der Waals surface area (Å²) in [7, 11) is 0. The molecule has 2 N–H and O–H groups in total. The molecule has 0 radical (unpaired) electrons. The van der Waals surface area contributed by atoms with Gasteiger partial charge in [0.25, 0.3) is 0 Å². The third-order valence-electron chi connectivity index (χ3n) is 4.64. The van der Waals surface area contributed by atoms with E-state index < -0.39 is 5.82 Å². The first kappa shape index (κ1) is 17.2. The van der Waals surface area contributed by atoms with Crippen LogP contribution in [0.2, 0.25) is 0 Å². The van der Waals surface area contributed by atoms with E-state index in [1.807, 2.05) is 31.2 Å². The zero-order valence-electron chi connectivity index (χ0n) is 14.7. The highest BCUT2D eigenvalue weighted by Gasteiger charge is 2.21. The number of nitrogens with one attached hydrogen (secondary N) is 1. The van der Waals surface area contributed by atoms with Crippen LogP contribution in [0.15, 0.2) is 65.4 Å². The number of rotatable bonds is 0. The molecule has 5 nitrogen and oxygen atoms in total. The van der Waals surface area contributed by atoms with Crippen LogP contribution in [0.25, 0.3) is 5.70 Å². The Hall–Kier alpha value is -3.25. The summed E-state index contributed by atoms with van der Waals surface area (Å²) in [6.07, 6.45) is 5.19. The number of anilines is 1. The molecule has 1 atom stereocenters. The van der Waals surface area contributed by atoms with E-state index in [0.717, 1.165) is 16.2 Å². The van der Waals surface area contributed by atoms with Crippen LogP contribution >= 0.6 is 0 Å². The maximum atomic E-state index is 13.7. The maximum Gasteiger partial charge on any atom is 0.155 e. The van der Waals surface area contributed by atoms with Crippen molar-refractivity contribution in [1.29, 1.82) is 5.41 Å². The van der Waals surface area contributed by atoms with Crippen LogP contribution in [0.1, 0.15) is 18.1 Å². The first-order valence-electron chi connectivity index (χ1n) is 8.60. The minimum Gasteiger partial charge on any atom is -0.462 e. The second kappa shape index (κ2) is 6.81. The van der Waals surface area contributed by atoms with E-state index in [1.165, 1.54) is 30.7 Å². The number of benzene rings is 2. The summed E-state index contributed by atoms with van der Waals surface area (Å²) in [6.45, 7) is 1.88. The fourth-order valence-electron chi connectivity index (χ4n) is 3.20. The van der Waals surface area contributed by atoms with Gasteiger partial charge < -0.3 is 4.74 Å². The van der Waals surface area contributed by atoms with Gasteiger partial charge in [-0.1, -0.05) is 24.3 Å². The van der Waals surface area contributed by atoms with Crippen LogP contribution in [-0.4, -0.2) is 23.2 Å². The van der Waals surface area contributed by atoms with Crippen LogP contribution in [0, 0.1) is 11.2 Å². The lowest BCUT2D eigenvalue weighted by molar-refractivity contribution is 0.218. The molecule has 2 aromatic rings. The van der Waals surface area contributed by atoms with Gasteiger partial charge >= 0.3 is 0 Å². The quantitative estimate of drug-likeness (QED) is 0.730. The van der Waals surface area contributed by atoms with Gasteiger partial charge in [-0.25, -0.2) is 4.39 Å². The number of hydrogen-bond donors (Lipinski definition) is 2. The molecule has 136 valence electrons. The molecule has 0 spiro atoms. The first-order chi connectivity index (χ1) is 13.0. The Morgan fingerprint density at radius 1 is 1.26 bits per heavy atom. The predicted molar refractivity (Wildman–Crippen MR) is 103 cm³/mol. The van der Waals surface area contributed by atoms with Gasteiger partial charge in [0.2, 0.25) is 0 Å². The number of nitrogens with zero attached hydrogens (tertiary/aromatic N) is 2. The minimum atomic E-state index is -0.470. The van der Waals surface area contributed by atoms with Gasteiger partial charge in [-0.05, 0) is 37.1 Å². The Morgan fingerprint density at radius 2 is 2.07 bits per heavy atom. The average molecular weight is 363 g/mol. The van der Waals surface area contributed by atoms with Crippen LogP contribution in [-0.2, 0) is 6.42 Å². The molecular weight excluding hydrogens is 345 g/mol. The van der Waals surface area contributed by atoms with E-state index in [4.69, 9.17) is 10.1 Å². The molecule has 6 heteroatoms. The van der Waals surface area contributed by atoms with Crippen molar-refractivity contribution in [2.24, 2.45) is 4.99 Å². The normalized spacial score (nSPS) is 20.9. The van der Waals surface area contributed by atoms with Gasteiger partial charge in [0.15, 0.2) is 5.75 Å². The van der Waals surface area contributed by atoms with Crippen molar-refractivity contribution in [3.05, 3.63) is 77.3 Å². The van der Waals surface area contributed by atoms with E-state index in [0.29, 0.717) is 23.4 Å². The summed E-state index contributed by atoms with van der Waals surface area (Å²) in [5.74, 6) is -0.293. The van der Waals surface area contributed by atoms with Crippen LogP contribution in [0.5, 0.6) is 5.75 Å². The molecule has 27 heavy (non-hydrogen) atoms. The Labute approximate surface area is 156 Å². The van der Waals surface area contributed by atoms with Crippen LogP contribution < -0.4 is 9.80 Å². The van der Waals surface area contributed by atoms with Gasteiger partial charge in [0.05, 0.1) is 23.7 Å². The van der Waals surface area contributed by atoms with Crippen LogP contribution in [0.3, 0.4) is 0 Å². The number of halogens is 1. The second-order valence-corrected chi connectivity index (χ2v) is 6.56. The van der Waals surface area contributed by atoms with Gasteiger partial charge in [0.1, 0.15) is 17.8 Å². The highest BCUT2D eigenvalue weighted by Crippen LogP contribution is 2.33. The van der Waals surface area contributed by atoms with E-state index >= 15 is 0 Å². The molecule has 0 amide bonds. The second-order valence-electron chi connectivity index (χ2n) is 6.56. The molecule has 4 rings (SSSR count). The Balaban J connectivity index is 1.90. The van der Waals surface area contributed by atoms with E-state index in [2.05, 4.69) is 4.99 Å². The van der Waals surface area contributed by atoms with Crippen molar-refractivity contribution < 1.29 is 14.3 Å². The molecule has 2 heterocycles. The van der Waals surface area contributed by atoms with Gasteiger partial charge in [-0.2, -0.15) is 0 Å². The van der Waals surface area contributed by atoms with Crippen molar-refractivity contribution in [2.75, 3.05) is 5.06 Å². The number of aliphatic imine (C=N–C) groups is 1. The van der Waals surface area contributed by atoms with Crippen LogP contribution in [0.4, 0.5) is 10.1 Å². The largest absolute Gasteiger partial charge is 0.462 e. The average Bonchev–Trinajstić information content (AvgIpc) is 2.67. The monoisotopic (exact) mass is 363 g/mol. The fraction of sp³-hybridized carbons (Fsp3) is 0.143. The number of allylic oxidation sites excluding steroid dienone is 2. The van der Waals surface area contributed by atoms with E-state index in [1.54, 1.807) is 6.08 Å². The molecule has 0 fully saturated rings. The summed E-state index contributed by atoms with van der Waals surface area (Å²) in [4.78, 5) is 4.38. The first-order valence-corrected chi connectivity index (χ1v) is 8.60. The third kappa shape index (κ3) is 3.27. The van der Waals surface area contributed by atoms with Gasteiger partial charge in [0, 0.05) is 17.2 Å². The summed E-state index contributed by atoms with van der Waals surface area (Å²) in [5, 5.41) is 19.9. The summed E-state index contributed by atoms with van der Waals surface area (Å²) in [5.41, 5.74) is 3.74. The van der Waals surface area contributed by atoms with Gasteiger partial charge in [-0.3, -0.25) is 20.7 Å². The summed E-state index contributed by atoms with van der Waals surface area (Å²) in [6, 6.07) is 11.5. The van der Waals surface area contributed by atoms with Crippen molar-refractivity contribution >= 4 is 23.3 Å². The van der Waals surface area contributed by atoms with E-state index in [-0.39, 0.29) is 17.5 Å². The maximum absolute atomic E-state index is 13.7. The Morgan fingerprint density at radius 3 is 2.93 bits per heavy atom. The zero-order chi connectivity index (χ0) is 19.0. The SMILES string of the molecule is CC1Cc2ccccc2C2=C/C(=C\Oc3cc(F)ccc3N1O)C(=N)C=N2. The summed E-state index contributed by atoms with van der Waals surface area (Å²) >= 11 is 0. The standard InChI is InChI=1S/C21H18FN3O2/c1-13-8-14-4-2-3-5-17(14)19-9-15(18(23)11-24-19)12-27-21-10-16(22)6-7-20(21)25(13)26/h2-7,9-13,23,26H,8H2,1H3/b15-12+,23-18?. The van der Waals surface area contributed by atoms with Crippen molar-refractivity contribution in [1.82, 2.24) is 0 Å². The topological polar surface area (TPSA) is 68.9 Å². The smallest absolute Gasteiger partial charge is 0.155 e. The third-order valence-corrected chi connectivity index (χ3v) is 4.64. The molecule has 2 aliphatic rings. The molecule has 2 aromatic carbocycles. The lowest BCUT2D eigenvalue weighted by Crippen LogP contribution is -2.32. The number of hydrogen-bond acceptors (Lipinski definition) is 5. The Kier molecular flexibility index (Phi) is 4.33. The highest BCUT2D eigenvalue weighted by atomic mass is 19.1. The Bertz CT molecular complexity index is 1010. The molecule has 0 aliphatic carbocycles. The lowest BCUT2D eigenvalue weighted by atomic mass is 9.96. The molecule has 0 saturated heterocycles. The number of ether oxygens (including phenoxy) is 1. The van der Waals surface area contributed by atoms with E-state index in [9.17, 15) is 9.60 Å². The molecule has 0 aromatic heterocycles.